The summed E-state index contributed by atoms with van der Waals surface area (Å²) < 4.78 is 0. The molecule has 1 aromatic rings. The van der Waals surface area contributed by atoms with Crippen molar-refractivity contribution >= 4 is 17.3 Å². The van der Waals surface area contributed by atoms with E-state index in [0.29, 0.717) is 0 Å². The normalized spacial score (nSPS) is 17.5. The van der Waals surface area contributed by atoms with Gasteiger partial charge in [0, 0.05) is 19.0 Å². The molecule has 0 atom stereocenters. The number of piperidine rings is 1. The molecule has 0 aliphatic carbocycles. The molecule has 0 unspecified atom stereocenters. The molecule has 0 aromatic heterocycles. The molecule has 0 spiro atoms. The zero-order valence-electron chi connectivity index (χ0n) is 8.49. The number of rotatable bonds is 1. The third-order valence-corrected chi connectivity index (χ3v) is 3.19. The molecule has 0 N–H and O–H groups in total. The highest BCUT2D eigenvalue weighted by Gasteiger charge is 2.19. The minimum absolute atomic E-state index is 0.226. The van der Waals surface area contributed by atoms with Gasteiger partial charge in [-0.05, 0) is 25.0 Å². The fraction of sp³-hybridized carbons (Fsp3) is 0.417. The lowest BCUT2D eigenvalue weighted by atomic mass is 9.98. The summed E-state index contributed by atoms with van der Waals surface area (Å²) in [5.41, 5.74) is 1.09. The first kappa shape index (κ1) is 10.3. The van der Waals surface area contributed by atoms with Gasteiger partial charge in [0.15, 0.2) is 0 Å². The number of hydrogen-bond acceptors (Lipinski definition) is 2. The number of benzene rings is 1. The molecule has 0 bridgehead atoms. The number of nitrogens with zero attached hydrogens (tertiary/aromatic N) is 2. The van der Waals surface area contributed by atoms with E-state index in [4.69, 9.17) is 16.9 Å². The first-order valence-corrected chi connectivity index (χ1v) is 5.58. The van der Waals surface area contributed by atoms with E-state index in [1.165, 1.54) is 0 Å². The predicted octanol–water partition coefficient (Wildman–Crippen LogP) is 3.08. The summed E-state index contributed by atoms with van der Waals surface area (Å²) in [6.45, 7) is 1.86. The average molecular weight is 221 g/mol. The van der Waals surface area contributed by atoms with Crippen LogP contribution in [0.25, 0.3) is 0 Å². The summed E-state index contributed by atoms with van der Waals surface area (Å²) in [5.74, 6) is 0.226. The highest BCUT2D eigenvalue weighted by molar-refractivity contribution is 6.33. The third-order valence-electron chi connectivity index (χ3n) is 2.87. The third kappa shape index (κ3) is 2.24. The van der Waals surface area contributed by atoms with Crippen molar-refractivity contribution in [1.82, 2.24) is 0 Å². The number of para-hydroxylation sites is 1. The second-order valence-corrected chi connectivity index (χ2v) is 4.25. The van der Waals surface area contributed by atoms with Crippen LogP contribution in [0.2, 0.25) is 5.02 Å². The van der Waals surface area contributed by atoms with Gasteiger partial charge in [-0.1, -0.05) is 23.7 Å². The molecule has 2 rings (SSSR count). The Balaban J connectivity index is 2.08. The molecule has 15 heavy (non-hydrogen) atoms. The second-order valence-electron chi connectivity index (χ2n) is 3.84. The number of halogens is 1. The predicted molar refractivity (Wildman–Crippen MR) is 62.0 cm³/mol. The quantitative estimate of drug-likeness (QED) is 0.727. The zero-order valence-corrected chi connectivity index (χ0v) is 9.24. The van der Waals surface area contributed by atoms with Crippen molar-refractivity contribution in [1.29, 1.82) is 5.26 Å². The highest BCUT2D eigenvalue weighted by atomic mass is 35.5. The topological polar surface area (TPSA) is 27.0 Å². The van der Waals surface area contributed by atoms with E-state index in [1.807, 2.05) is 24.3 Å². The number of nitriles is 1. The van der Waals surface area contributed by atoms with Crippen molar-refractivity contribution in [2.45, 2.75) is 12.8 Å². The van der Waals surface area contributed by atoms with Crippen molar-refractivity contribution in [3.05, 3.63) is 29.3 Å². The molecule has 1 saturated heterocycles. The van der Waals surface area contributed by atoms with Crippen LogP contribution < -0.4 is 4.90 Å². The summed E-state index contributed by atoms with van der Waals surface area (Å²) in [6, 6.07) is 10.2. The minimum atomic E-state index is 0.226. The Morgan fingerprint density at radius 1 is 1.27 bits per heavy atom. The van der Waals surface area contributed by atoms with Crippen LogP contribution in [0, 0.1) is 17.2 Å². The Labute approximate surface area is 95.1 Å². The van der Waals surface area contributed by atoms with Gasteiger partial charge in [0.2, 0.25) is 0 Å². The molecule has 0 radical (unpaired) electrons. The molecular formula is C12H13ClN2. The molecule has 1 aliphatic heterocycles. The largest absolute Gasteiger partial charge is 0.370 e. The Morgan fingerprint density at radius 3 is 2.53 bits per heavy atom. The van der Waals surface area contributed by atoms with Gasteiger partial charge in [0.25, 0.3) is 0 Å². The standard InChI is InChI=1S/C12H13ClN2/c13-11-3-1-2-4-12(11)15-7-5-10(9-14)6-8-15/h1-4,10H,5-8H2. The van der Waals surface area contributed by atoms with E-state index >= 15 is 0 Å². The van der Waals surface area contributed by atoms with Crippen molar-refractivity contribution in [2.24, 2.45) is 5.92 Å². The Hall–Kier alpha value is -1.20. The minimum Gasteiger partial charge on any atom is -0.370 e. The maximum absolute atomic E-state index is 8.81. The fourth-order valence-corrected chi connectivity index (χ4v) is 2.21. The molecule has 1 heterocycles. The first-order chi connectivity index (χ1) is 7.31. The van der Waals surface area contributed by atoms with E-state index in [2.05, 4.69) is 11.0 Å². The summed E-state index contributed by atoms with van der Waals surface area (Å²) >= 11 is 6.12. The van der Waals surface area contributed by atoms with Gasteiger partial charge in [0.1, 0.15) is 0 Å². The smallest absolute Gasteiger partial charge is 0.0657 e. The van der Waals surface area contributed by atoms with Crippen LogP contribution >= 0.6 is 11.6 Å². The summed E-state index contributed by atoms with van der Waals surface area (Å²) in [5, 5.41) is 9.61. The van der Waals surface area contributed by atoms with Gasteiger partial charge >= 0.3 is 0 Å². The van der Waals surface area contributed by atoms with Crippen molar-refractivity contribution in [3.63, 3.8) is 0 Å². The molecule has 0 saturated carbocycles. The lowest BCUT2D eigenvalue weighted by molar-refractivity contribution is 0.488. The molecule has 78 valence electrons. The van der Waals surface area contributed by atoms with Crippen LogP contribution in [0.15, 0.2) is 24.3 Å². The van der Waals surface area contributed by atoms with E-state index in [-0.39, 0.29) is 5.92 Å². The summed E-state index contributed by atoms with van der Waals surface area (Å²) in [6.07, 6.45) is 1.89. The van der Waals surface area contributed by atoms with E-state index in [1.54, 1.807) is 0 Å². The van der Waals surface area contributed by atoms with Gasteiger partial charge in [0.05, 0.1) is 16.8 Å². The van der Waals surface area contributed by atoms with Crippen LogP contribution in [-0.2, 0) is 0 Å². The summed E-state index contributed by atoms with van der Waals surface area (Å²) in [4.78, 5) is 2.26. The zero-order chi connectivity index (χ0) is 10.7. The molecule has 3 heteroatoms. The maximum Gasteiger partial charge on any atom is 0.0657 e. The molecule has 0 amide bonds. The molecule has 1 fully saturated rings. The Kier molecular flexibility index (Phi) is 3.13. The highest BCUT2D eigenvalue weighted by Crippen LogP contribution is 2.28. The van der Waals surface area contributed by atoms with Crippen LogP contribution in [0.4, 0.5) is 5.69 Å². The summed E-state index contributed by atoms with van der Waals surface area (Å²) in [7, 11) is 0. The van der Waals surface area contributed by atoms with Gasteiger partial charge in [-0.25, -0.2) is 0 Å². The number of hydrogen-bond donors (Lipinski definition) is 0. The van der Waals surface area contributed by atoms with Crippen molar-refractivity contribution < 1.29 is 0 Å². The van der Waals surface area contributed by atoms with Gasteiger partial charge in [-0.3, -0.25) is 0 Å². The Bertz CT molecular complexity index is 375. The van der Waals surface area contributed by atoms with Crippen molar-refractivity contribution in [3.8, 4) is 6.07 Å². The monoisotopic (exact) mass is 220 g/mol. The molecule has 1 aliphatic rings. The lowest BCUT2D eigenvalue weighted by Gasteiger charge is -2.31. The Morgan fingerprint density at radius 2 is 1.93 bits per heavy atom. The van der Waals surface area contributed by atoms with Crippen LogP contribution in [-0.4, -0.2) is 13.1 Å². The van der Waals surface area contributed by atoms with Gasteiger partial charge in [-0.2, -0.15) is 5.26 Å². The average Bonchev–Trinajstić information content (AvgIpc) is 2.30. The van der Waals surface area contributed by atoms with Crippen LogP contribution in [0.1, 0.15) is 12.8 Å². The van der Waals surface area contributed by atoms with Crippen LogP contribution in [0.3, 0.4) is 0 Å². The second kappa shape index (κ2) is 4.55. The fourth-order valence-electron chi connectivity index (χ4n) is 1.96. The van der Waals surface area contributed by atoms with Gasteiger partial charge < -0.3 is 4.90 Å². The van der Waals surface area contributed by atoms with Crippen LogP contribution in [0.5, 0.6) is 0 Å². The van der Waals surface area contributed by atoms with E-state index < -0.39 is 0 Å². The molecular weight excluding hydrogens is 208 g/mol. The van der Waals surface area contributed by atoms with E-state index in [9.17, 15) is 0 Å². The molecule has 2 nitrogen and oxygen atoms in total. The van der Waals surface area contributed by atoms with Gasteiger partial charge in [-0.15, -0.1) is 0 Å². The first-order valence-electron chi connectivity index (χ1n) is 5.20. The molecule has 1 aromatic carbocycles. The van der Waals surface area contributed by atoms with Crippen molar-refractivity contribution in [2.75, 3.05) is 18.0 Å². The lowest BCUT2D eigenvalue weighted by Crippen LogP contribution is -2.33. The maximum atomic E-state index is 8.81. The van der Waals surface area contributed by atoms with E-state index in [0.717, 1.165) is 36.6 Å². The SMILES string of the molecule is N#CC1CCN(c2ccccc2Cl)CC1. The number of anilines is 1.